The van der Waals surface area contributed by atoms with Crippen molar-refractivity contribution in [2.45, 2.75) is 19.4 Å². The van der Waals surface area contributed by atoms with Crippen LogP contribution in [0.3, 0.4) is 0 Å². The van der Waals surface area contributed by atoms with Gasteiger partial charge < -0.3 is 19.9 Å². The molecule has 7 nitrogen and oxygen atoms in total. The normalized spacial score (nSPS) is 20.2. The van der Waals surface area contributed by atoms with Gasteiger partial charge in [-0.15, -0.1) is 0 Å². The highest BCUT2D eigenvalue weighted by molar-refractivity contribution is 6.00. The van der Waals surface area contributed by atoms with Crippen molar-refractivity contribution >= 4 is 17.9 Å². The second-order valence-corrected chi connectivity index (χ2v) is 5.90. The van der Waals surface area contributed by atoms with Gasteiger partial charge in [0.1, 0.15) is 6.04 Å². The van der Waals surface area contributed by atoms with Gasteiger partial charge in [0.05, 0.1) is 6.61 Å². The number of rotatable bonds is 2. The van der Waals surface area contributed by atoms with Gasteiger partial charge in [-0.2, -0.15) is 0 Å². The third-order valence-corrected chi connectivity index (χ3v) is 4.41. The third-order valence-electron chi connectivity index (χ3n) is 4.41. The number of hydrogen-bond acceptors (Lipinski definition) is 4. The van der Waals surface area contributed by atoms with Crippen LogP contribution in [-0.4, -0.2) is 66.5 Å². The monoisotopic (exact) mass is 331 g/mol. The van der Waals surface area contributed by atoms with Gasteiger partial charge in [-0.3, -0.25) is 9.59 Å². The molecule has 1 saturated heterocycles. The first kappa shape index (κ1) is 16.3. The molecular weight excluding hydrogens is 310 g/mol. The summed E-state index contributed by atoms with van der Waals surface area (Å²) in [6, 6.07) is 6.80. The van der Waals surface area contributed by atoms with E-state index in [1.165, 1.54) is 0 Å². The average molecular weight is 331 g/mol. The average Bonchev–Trinajstić information content (AvgIpc) is 2.61. The largest absolute Gasteiger partial charge is 0.450 e. The number of carbonyl (C=O) groups is 3. The Labute approximate surface area is 140 Å². The molecule has 1 fully saturated rings. The van der Waals surface area contributed by atoms with E-state index in [0.29, 0.717) is 44.8 Å². The van der Waals surface area contributed by atoms with Gasteiger partial charge in [-0.05, 0) is 18.6 Å². The van der Waals surface area contributed by atoms with Crippen molar-refractivity contribution in [1.29, 1.82) is 0 Å². The molecule has 1 unspecified atom stereocenters. The van der Waals surface area contributed by atoms with E-state index in [1.807, 2.05) is 18.2 Å². The second kappa shape index (κ2) is 6.90. The molecule has 0 aliphatic carbocycles. The summed E-state index contributed by atoms with van der Waals surface area (Å²) >= 11 is 0. The first-order valence-corrected chi connectivity index (χ1v) is 8.19. The topological polar surface area (TPSA) is 79.0 Å². The van der Waals surface area contributed by atoms with Crippen LogP contribution >= 0.6 is 0 Å². The van der Waals surface area contributed by atoms with E-state index in [0.717, 1.165) is 5.56 Å². The number of nitrogens with one attached hydrogen (secondary N) is 1. The molecule has 1 N–H and O–H groups in total. The molecular formula is C17H21N3O4. The smallest absolute Gasteiger partial charge is 0.409 e. The summed E-state index contributed by atoms with van der Waals surface area (Å²) < 4.78 is 4.97. The van der Waals surface area contributed by atoms with Crippen LogP contribution in [0.4, 0.5) is 4.79 Å². The van der Waals surface area contributed by atoms with Crippen LogP contribution in [0.2, 0.25) is 0 Å². The standard InChI is InChI=1S/C17H21N3O4/c1-2-24-17(23)20-9-7-19(8-10-20)16(22)14-11-12-5-3-4-6-13(12)15(21)18-14/h3-6,14H,2,7-11H2,1H3,(H,18,21). The Balaban J connectivity index is 1.60. The van der Waals surface area contributed by atoms with Crippen LogP contribution in [0.5, 0.6) is 0 Å². The Morgan fingerprint density at radius 2 is 1.83 bits per heavy atom. The Kier molecular flexibility index (Phi) is 4.69. The minimum Gasteiger partial charge on any atom is -0.450 e. The third kappa shape index (κ3) is 3.20. The Bertz CT molecular complexity index is 653. The zero-order valence-electron chi connectivity index (χ0n) is 13.7. The van der Waals surface area contributed by atoms with Crippen molar-refractivity contribution in [2.75, 3.05) is 32.8 Å². The Morgan fingerprint density at radius 1 is 1.17 bits per heavy atom. The van der Waals surface area contributed by atoms with Crippen molar-refractivity contribution < 1.29 is 19.1 Å². The molecule has 2 heterocycles. The first-order valence-electron chi connectivity index (χ1n) is 8.19. The molecule has 2 aliphatic rings. The lowest BCUT2D eigenvalue weighted by molar-refractivity contribution is -0.134. The quantitative estimate of drug-likeness (QED) is 0.863. The van der Waals surface area contributed by atoms with E-state index < -0.39 is 6.04 Å². The highest BCUT2D eigenvalue weighted by Crippen LogP contribution is 2.18. The highest BCUT2D eigenvalue weighted by Gasteiger charge is 2.33. The number of ether oxygens (including phenoxy) is 1. The summed E-state index contributed by atoms with van der Waals surface area (Å²) in [5.41, 5.74) is 1.53. The number of benzene rings is 1. The molecule has 1 aromatic rings. The highest BCUT2D eigenvalue weighted by atomic mass is 16.6. The molecule has 3 amide bonds. The van der Waals surface area contributed by atoms with Crippen molar-refractivity contribution in [3.05, 3.63) is 35.4 Å². The molecule has 24 heavy (non-hydrogen) atoms. The van der Waals surface area contributed by atoms with E-state index in [1.54, 1.807) is 22.8 Å². The summed E-state index contributed by atoms with van der Waals surface area (Å²) in [7, 11) is 0. The lowest BCUT2D eigenvalue weighted by atomic mass is 9.94. The fraction of sp³-hybridized carbons (Fsp3) is 0.471. The summed E-state index contributed by atoms with van der Waals surface area (Å²) in [6.45, 7) is 3.90. The maximum atomic E-state index is 12.7. The van der Waals surface area contributed by atoms with Crippen LogP contribution in [0, 0.1) is 0 Å². The molecule has 1 aromatic carbocycles. The number of piperazine rings is 1. The van der Waals surface area contributed by atoms with E-state index in [2.05, 4.69) is 5.32 Å². The lowest BCUT2D eigenvalue weighted by Crippen LogP contribution is -2.57. The Morgan fingerprint density at radius 3 is 2.54 bits per heavy atom. The molecule has 0 spiro atoms. The minimum absolute atomic E-state index is 0.0960. The molecule has 1 atom stereocenters. The van der Waals surface area contributed by atoms with Gasteiger partial charge >= 0.3 is 6.09 Å². The van der Waals surface area contributed by atoms with Gasteiger partial charge in [0.2, 0.25) is 5.91 Å². The maximum absolute atomic E-state index is 12.7. The SMILES string of the molecule is CCOC(=O)N1CCN(C(=O)C2Cc3ccccc3C(=O)N2)CC1. The Hall–Kier alpha value is -2.57. The zero-order chi connectivity index (χ0) is 17.1. The van der Waals surface area contributed by atoms with Crippen molar-refractivity contribution in [1.82, 2.24) is 15.1 Å². The number of amides is 3. The van der Waals surface area contributed by atoms with Crippen LogP contribution in [0.25, 0.3) is 0 Å². The van der Waals surface area contributed by atoms with Gasteiger partial charge in [0.15, 0.2) is 0 Å². The molecule has 7 heteroatoms. The van der Waals surface area contributed by atoms with Crippen LogP contribution in [-0.2, 0) is 16.0 Å². The fourth-order valence-corrected chi connectivity index (χ4v) is 3.12. The van der Waals surface area contributed by atoms with E-state index in [-0.39, 0.29) is 17.9 Å². The molecule has 128 valence electrons. The van der Waals surface area contributed by atoms with Crippen molar-refractivity contribution in [3.8, 4) is 0 Å². The van der Waals surface area contributed by atoms with E-state index in [9.17, 15) is 14.4 Å². The van der Waals surface area contributed by atoms with Crippen molar-refractivity contribution in [2.24, 2.45) is 0 Å². The molecule has 0 bridgehead atoms. The first-order chi connectivity index (χ1) is 11.6. The molecule has 2 aliphatic heterocycles. The van der Waals surface area contributed by atoms with E-state index >= 15 is 0 Å². The summed E-state index contributed by atoms with van der Waals surface area (Å²) in [4.78, 5) is 39.8. The molecule has 0 aromatic heterocycles. The minimum atomic E-state index is -0.540. The van der Waals surface area contributed by atoms with Gasteiger partial charge in [-0.25, -0.2) is 4.79 Å². The molecule has 0 radical (unpaired) electrons. The van der Waals surface area contributed by atoms with Crippen LogP contribution in [0.1, 0.15) is 22.8 Å². The number of hydrogen-bond donors (Lipinski definition) is 1. The molecule has 0 saturated carbocycles. The summed E-state index contributed by atoms with van der Waals surface area (Å²) in [6.07, 6.45) is 0.156. The van der Waals surface area contributed by atoms with Crippen molar-refractivity contribution in [3.63, 3.8) is 0 Å². The maximum Gasteiger partial charge on any atom is 0.409 e. The summed E-state index contributed by atoms with van der Waals surface area (Å²) in [5.74, 6) is -0.304. The predicted octanol–water partition coefficient (Wildman–Crippen LogP) is 0.642. The number of carbonyl (C=O) groups excluding carboxylic acids is 3. The van der Waals surface area contributed by atoms with E-state index in [4.69, 9.17) is 4.74 Å². The molecule has 3 rings (SSSR count). The lowest BCUT2D eigenvalue weighted by Gasteiger charge is -2.36. The van der Waals surface area contributed by atoms with Crippen LogP contribution in [0.15, 0.2) is 24.3 Å². The van der Waals surface area contributed by atoms with Gasteiger partial charge in [-0.1, -0.05) is 18.2 Å². The number of nitrogens with zero attached hydrogens (tertiary/aromatic N) is 2. The zero-order valence-corrected chi connectivity index (χ0v) is 13.7. The predicted molar refractivity (Wildman–Crippen MR) is 86.6 cm³/mol. The fourth-order valence-electron chi connectivity index (χ4n) is 3.12. The summed E-state index contributed by atoms with van der Waals surface area (Å²) in [5, 5.41) is 2.79. The number of fused-ring (bicyclic) bond motifs is 1. The van der Waals surface area contributed by atoms with Gasteiger partial charge in [0, 0.05) is 38.2 Å². The van der Waals surface area contributed by atoms with Gasteiger partial charge in [0.25, 0.3) is 5.91 Å². The second-order valence-electron chi connectivity index (χ2n) is 5.90. The van der Waals surface area contributed by atoms with Crippen LogP contribution < -0.4 is 5.32 Å².